The van der Waals surface area contributed by atoms with Crippen LogP contribution < -0.4 is 0 Å². The van der Waals surface area contributed by atoms with E-state index in [1.165, 1.54) is 11.6 Å². The normalized spacial score (nSPS) is 12.3. The second-order valence-electron chi connectivity index (χ2n) is 3.62. The quantitative estimate of drug-likeness (QED) is 0.793. The molecule has 0 aliphatic heterocycles. The van der Waals surface area contributed by atoms with E-state index in [4.69, 9.17) is 4.74 Å². The summed E-state index contributed by atoms with van der Waals surface area (Å²) in [4.78, 5) is 0. The highest BCUT2D eigenvalue weighted by molar-refractivity contribution is 5.83. The first-order chi connectivity index (χ1) is 7.81. The van der Waals surface area contributed by atoms with Crippen LogP contribution in [0.4, 0.5) is 0 Å². The Kier molecular flexibility index (Phi) is 3.22. The Morgan fingerprint density at radius 2 is 1.94 bits per heavy atom. The fraction of sp³-hybridized carbons (Fsp3) is 0.143. The summed E-state index contributed by atoms with van der Waals surface area (Å²) < 4.78 is 4.98. The molecule has 2 heteroatoms. The summed E-state index contributed by atoms with van der Waals surface area (Å²) in [6, 6.07) is 14.0. The van der Waals surface area contributed by atoms with Gasteiger partial charge in [-0.25, -0.2) is 0 Å². The van der Waals surface area contributed by atoms with Gasteiger partial charge in [-0.3, -0.25) is 0 Å². The molecule has 2 aromatic carbocycles. The van der Waals surface area contributed by atoms with E-state index >= 15 is 0 Å². The molecular weight excluding hydrogens is 200 g/mol. The van der Waals surface area contributed by atoms with Gasteiger partial charge in [0.25, 0.3) is 0 Å². The number of hydrogen-bond acceptors (Lipinski definition) is 2. The van der Waals surface area contributed by atoms with Crippen molar-refractivity contribution in [3.8, 4) is 0 Å². The van der Waals surface area contributed by atoms with Gasteiger partial charge in [-0.2, -0.15) is 0 Å². The zero-order chi connectivity index (χ0) is 11.4. The van der Waals surface area contributed by atoms with Gasteiger partial charge in [0.1, 0.15) is 12.7 Å². The molecule has 0 saturated heterocycles. The summed E-state index contributed by atoms with van der Waals surface area (Å²) in [6.45, 7) is 3.68. The maximum atomic E-state index is 9.84. The molecule has 2 rings (SSSR count). The third-order valence-electron chi connectivity index (χ3n) is 2.53. The lowest BCUT2D eigenvalue weighted by atomic mass is 10.0. The average Bonchev–Trinajstić information content (AvgIpc) is 2.35. The summed E-state index contributed by atoms with van der Waals surface area (Å²) in [6.07, 6.45) is 0.729. The van der Waals surface area contributed by atoms with E-state index in [2.05, 4.69) is 6.58 Å². The molecule has 0 aliphatic carbocycles. The molecule has 0 fully saturated rings. The van der Waals surface area contributed by atoms with Gasteiger partial charge in [-0.15, -0.1) is 0 Å². The fourth-order valence-electron chi connectivity index (χ4n) is 1.67. The minimum atomic E-state index is -0.609. The highest BCUT2D eigenvalue weighted by Crippen LogP contribution is 2.20. The van der Waals surface area contributed by atoms with Gasteiger partial charge in [0.15, 0.2) is 0 Å². The second kappa shape index (κ2) is 4.81. The molecule has 82 valence electrons. The van der Waals surface area contributed by atoms with Crippen molar-refractivity contribution in [3.05, 3.63) is 60.9 Å². The third-order valence-corrected chi connectivity index (χ3v) is 2.53. The van der Waals surface area contributed by atoms with E-state index in [0.717, 1.165) is 10.9 Å². The second-order valence-corrected chi connectivity index (χ2v) is 3.62. The molecule has 2 nitrogen and oxygen atoms in total. The van der Waals surface area contributed by atoms with Crippen molar-refractivity contribution >= 4 is 10.8 Å². The molecule has 0 aliphatic rings. The third kappa shape index (κ3) is 2.23. The number of fused-ring (bicyclic) bond motifs is 1. The van der Waals surface area contributed by atoms with Crippen molar-refractivity contribution in [1.29, 1.82) is 0 Å². The first kappa shape index (κ1) is 10.7. The topological polar surface area (TPSA) is 29.5 Å². The van der Waals surface area contributed by atoms with Crippen molar-refractivity contribution in [2.75, 3.05) is 6.61 Å². The lowest BCUT2D eigenvalue weighted by Crippen LogP contribution is -2.04. The predicted molar refractivity (Wildman–Crippen MR) is 65.1 cm³/mol. The van der Waals surface area contributed by atoms with Crippen molar-refractivity contribution in [1.82, 2.24) is 0 Å². The summed E-state index contributed by atoms with van der Waals surface area (Å²) in [7, 11) is 0. The predicted octanol–water partition coefficient (Wildman–Crippen LogP) is 3.03. The molecule has 16 heavy (non-hydrogen) atoms. The lowest BCUT2D eigenvalue weighted by Gasteiger charge is -2.11. The monoisotopic (exact) mass is 214 g/mol. The van der Waals surface area contributed by atoms with Gasteiger partial charge in [-0.1, -0.05) is 43.0 Å². The Morgan fingerprint density at radius 1 is 1.19 bits per heavy atom. The molecule has 0 aromatic heterocycles. The number of rotatable bonds is 4. The van der Waals surface area contributed by atoms with Crippen molar-refractivity contribution in [2.24, 2.45) is 0 Å². The molecular formula is C14H14O2. The van der Waals surface area contributed by atoms with Crippen LogP contribution in [0.15, 0.2) is 55.3 Å². The average molecular weight is 214 g/mol. The van der Waals surface area contributed by atoms with Crippen LogP contribution in [-0.2, 0) is 4.74 Å². The van der Waals surface area contributed by atoms with Crippen LogP contribution in [0.1, 0.15) is 11.7 Å². The smallest absolute Gasteiger partial charge is 0.117 e. The van der Waals surface area contributed by atoms with E-state index in [0.29, 0.717) is 0 Å². The highest BCUT2D eigenvalue weighted by atomic mass is 16.5. The molecule has 1 unspecified atom stereocenters. The van der Waals surface area contributed by atoms with Crippen LogP contribution in [0.5, 0.6) is 0 Å². The van der Waals surface area contributed by atoms with Crippen molar-refractivity contribution in [2.45, 2.75) is 6.10 Å². The standard InChI is InChI=1S/C14H14O2/c1-2-16-10-14(15)13-8-7-11-5-3-4-6-12(11)9-13/h2-9,14-15H,1,10H2. The number of aliphatic hydroxyl groups excluding tert-OH is 1. The van der Waals surface area contributed by atoms with E-state index in [-0.39, 0.29) is 6.61 Å². The van der Waals surface area contributed by atoms with Gasteiger partial charge in [0.05, 0.1) is 6.26 Å². The molecule has 1 N–H and O–H groups in total. The van der Waals surface area contributed by atoms with Gasteiger partial charge in [0, 0.05) is 0 Å². The van der Waals surface area contributed by atoms with E-state index in [1.54, 1.807) is 0 Å². The summed E-state index contributed by atoms with van der Waals surface area (Å²) in [5.74, 6) is 0. The molecule has 0 bridgehead atoms. The molecule has 0 radical (unpaired) electrons. The van der Waals surface area contributed by atoms with Crippen LogP contribution >= 0.6 is 0 Å². The maximum Gasteiger partial charge on any atom is 0.117 e. The Morgan fingerprint density at radius 3 is 2.69 bits per heavy atom. The Bertz CT molecular complexity index is 491. The van der Waals surface area contributed by atoms with Gasteiger partial charge in [0.2, 0.25) is 0 Å². The maximum absolute atomic E-state index is 9.84. The molecule has 2 aromatic rings. The Hall–Kier alpha value is -1.80. The van der Waals surface area contributed by atoms with Crippen LogP contribution in [0.2, 0.25) is 0 Å². The molecule has 0 saturated carbocycles. The van der Waals surface area contributed by atoms with E-state index in [1.807, 2.05) is 42.5 Å². The first-order valence-corrected chi connectivity index (χ1v) is 5.20. The SMILES string of the molecule is C=COCC(O)c1ccc2ccccc2c1. The summed E-state index contributed by atoms with van der Waals surface area (Å²) in [5, 5.41) is 12.1. The zero-order valence-corrected chi connectivity index (χ0v) is 8.97. The van der Waals surface area contributed by atoms with Crippen LogP contribution in [0.3, 0.4) is 0 Å². The number of hydrogen-bond donors (Lipinski definition) is 1. The highest BCUT2D eigenvalue weighted by Gasteiger charge is 2.07. The largest absolute Gasteiger partial charge is 0.499 e. The Balaban J connectivity index is 2.28. The van der Waals surface area contributed by atoms with Gasteiger partial charge >= 0.3 is 0 Å². The number of ether oxygens (including phenoxy) is 1. The van der Waals surface area contributed by atoms with Gasteiger partial charge < -0.3 is 9.84 Å². The summed E-state index contributed by atoms with van der Waals surface area (Å²) in [5.41, 5.74) is 0.862. The van der Waals surface area contributed by atoms with Crippen LogP contribution in [0, 0.1) is 0 Å². The van der Waals surface area contributed by atoms with Crippen LogP contribution in [-0.4, -0.2) is 11.7 Å². The van der Waals surface area contributed by atoms with E-state index < -0.39 is 6.10 Å². The van der Waals surface area contributed by atoms with Crippen molar-refractivity contribution < 1.29 is 9.84 Å². The number of aliphatic hydroxyl groups is 1. The fourth-order valence-corrected chi connectivity index (χ4v) is 1.67. The van der Waals surface area contributed by atoms with Crippen molar-refractivity contribution in [3.63, 3.8) is 0 Å². The molecule has 0 heterocycles. The lowest BCUT2D eigenvalue weighted by molar-refractivity contribution is 0.0847. The summed E-state index contributed by atoms with van der Waals surface area (Å²) >= 11 is 0. The Labute approximate surface area is 94.8 Å². The number of benzene rings is 2. The van der Waals surface area contributed by atoms with E-state index in [9.17, 15) is 5.11 Å². The molecule has 0 spiro atoms. The zero-order valence-electron chi connectivity index (χ0n) is 8.97. The first-order valence-electron chi connectivity index (χ1n) is 5.20. The van der Waals surface area contributed by atoms with Gasteiger partial charge in [-0.05, 0) is 22.4 Å². The molecule has 0 amide bonds. The van der Waals surface area contributed by atoms with Crippen LogP contribution in [0.25, 0.3) is 10.8 Å². The molecule has 1 atom stereocenters. The minimum absolute atomic E-state index is 0.238. The minimum Gasteiger partial charge on any atom is -0.499 e.